The van der Waals surface area contributed by atoms with Crippen LogP contribution < -0.4 is 5.56 Å². The van der Waals surface area contributed by atoms with Crippen molar-refractivity contribution in [2.24, 2.45) is 5.92 Å². The molecule has 0 unspecified atom stereocenters. The van der Waals surface area contributed by atoms with Gasteiger partial charge in [0.2, 0.25) is 0 Å². The molecular formula is C24H28N4O2. The van der Waals surface area contributed by atoms with E-state index in [9.17, 15) is 9.59 Å². The number of hydrogen-bond acceptors (Lipinski definition) is 4. The summed E-state index contributed by atoms with van der Waals surface area (Å²) in [6, 6.07) is 17.7. The first-order valence-corrected chi connectivity index (χ1v) is 10.6. The van der Waals surface area contributed by atoms with Gasteiger partial charge < -0.3 is 4.90 Å². The van der Waals surface area contributed by atoms with Gasteiger partial charge in [-0.1, -0.05) is 62.4 Å². The number of nitrogens with zero attached hydrogens (tertiary/aromatic N) is 4. The summed E-state index contributed by atoms with van der Waals surface area (Å²) in [5, 5.41) is 5.69. The molecule has 0 radical (unpaired) electrons. The molecule has 2 aromatic carbocycles. The Kier molecular flexibility index (Phi) is 5.95. The molecule has 3 aromatic rings. The number of hydrogen-bond donors (Lipinski definition) is 0. The maximum atomic E-state index is 13.4. The quantitative estimate of drug-likeness (QED) is 0.656. The Morgan fingerprint density at radius 3 is 2.23 bits per heavy atom. The van der Waals surface area contributed by atoms with Crippen LogP contribution in [0.15, 0.2) is 59.4 Å². The summed E-state index contributed by atoms with van der Waals surface area (Å²) in [5.41, 5.74) is 1.52. The van der Waals surface area contributed by atoms with Gasteiger partial charge in [-0.2, -0.15) is 5.10 Å². The largest absolute Gasteiger partial charge is 0.335 e. The normalized spacial score (nSPS) is 15.1. The molecule has 0 atom stereocenters. The van der Waals surface area contributed by atoms with E-state index in [4.69, 9.17) is 0 Å². The van der Waals surface area contributed by atoms with Crippen molar-refractivity contribution in [2.75, 3.05) is 26.2 Å². The fourth-order valence-electron chi connectivity index (χ4n) is 3.96. The molecule has 0 bridgehead atoms. The lowest BCUT2D eigenvalue weighted by molar-refractivity contribution is 0.0622. The van der Waals surface area contributed by atoms with Gasteiger partial charge in [0.05, 0.1) is 5.39 Å². The molecule has 1 saturated heterocycles. The fourth-order valence-corrected chi connectivity index (χ4v) is 3.96. The van der Waals surface area contributed by atoms with Crippen molar-refractivity contribution in [2.45, 2.75) is 26.9 Å². The number of carbonyl (C=O) groups excluding carboxylic acids is 1. The molecule has 156 valence electrons. The molecule has 1 aliphatic heterocycles. The zero-order chi connectivity index (χ0) is 21.1. The van der Waals surface area contributed by atoms with Crippen LogP contribution in [0.2, 0.25) is 0 Å². The van der Waals surface area contributed by atoms with E-state index >= 15 is 0 Å². The molecule has 0 saturated carbocycles. The van der Waals surface area contributed by atoms with Gasteiger partial charge in [0.25, 0.3) is 11.5 Å². The second kappa shape index (κ2) is 8.79. The summed E-state index contributed by atoms with van der Waals surface area (Å²) in [5.74, 6) is 0.170. The first kappa shape index (κ1) is 20.3. The van der Waals surface area contributed by atoms with Crippen LogP contribution in [-0.4, -0.2) is 51.7 Å². The Morgan fingerprint density at radius 2 is 1.57 bits per heavy atom. The maximum Gasteiger partial charge on any atom is 0.275 e. The molecule has 0 spiro atoms. The number of benzene rings is 2. The van der Waals surface area contributed by atoms with E-state index in [1.165, 1.54) is 10.2 Å². The molecule has 30 heavy (non-hydrogen) atoms. The number of fused-ring (bicyclic) bond motifs is 1. The topological polar surface area (TPSA) is 58.4 Å². The van der Waals surface area contributed by atoms with Crippen molar-refractivity contribution in [3.05, 3.63) is 76.2 Å². The molecule has 1 aromatic heterocycles. The van der Waals surface area contributed by atoms with Gasteiger partial charge in [-0.15, -0.1) is 0 Å². The molecular weight excluding hydrogens is 376 g/mol. The minimum atomic E-state index is -0.136. The predicted octanol–water partition coefficient (Wildman–Crippen LogP) is 3.01. The van der Waals surface area contributed by atoms with E-state index in [0.29, 0.717) is 36.1 Å². The summed E-state index contributed by atoms with van der Waals surface area (Å²) in [6.07, 6.45) is 0. The van der Waals surface area contributed by atoms with Crippen LogP contribution in [0.5, 0.6) is 0 Å². The summed E-state index contributed by atoms with van der Waals surface area (Å²) in [4.78, 5) is 30.4. The summed E-state index contributed by atoms with van der Waals surface area (Å²) < 4.78 is 1.45. The standard InChI is InChI=1S/C24H28N4O2/c1-18(2)16-28-23(29)21-11-7-6-10-20(21)22(25-28)24(30)27-14-12-26(13-15-27)17-19-8-4-3-5-9-19/h3-11,18H,12-17H2,1-2H3. The second-order valence-corrected chi connectivity index (χ2v) is 8.33. The monoisotopic (exact) mass is 404 g/mol. The molecule has 0 N–H and O–H groups in total. The van der Waals surface area contributed by atoms with Gasteiger partial charge in [0, 0.05) is 44.7 Å². The third kappa shape index (κ3) is 4.28. The average molecular weight is 405 g/mol. The molecule has 4 rings (SSSR count). The van der Waals surface area contributed by atoms with Gasteiger partial charge in [-0.05, 0) is 17.5 Å². The Labute approximate surface area is 176 Å². The number of rotatable bonds is 5. The van der Waals surface area contributed by atoms with E-state index in [-0.39, 0.29) is 17.4 Å². The lowest BCUT2D eigenvalue weighted by Crippen LogP contribution is -2.48. The minimum absolute atomic E-state index is 0.0944. The summed E-state index contributed by atoms with van der Waals surface area (Å²) in [7, 11) is 0. The van der Waals surface area contributed by atoms with Crippen molar-refractivity contribution in [3.63, 3.8) is 0 Å². The van der Waals surface area contributed by atoms with Crippen LogP contribution in [0.1, 0.15) is 29.9 Å². The molecule has 1 aliphatic rings. The van der Waals surface area contributed by atoms with E-state index in [1.807, 2.05) is 43.0 Å². The van der Waals surface area contributed by atoms with Crippen molar-refractivity contribution in [1.29, 1.82) is 0 Å². The SMILES string of the molecule is CC(C)Cn1nc(C(=O)N2CCN(Cc3ccccc3)CC2)c2ccccc2c1=O. The van der Waals surface area contributed by atoms with Crippen molar-refractivity contribution >= 4 is 16.7 Å². The highest BCUT2D eigenvalue weighted by atomic mass is 16.2. The fraction of sp³-hybridized carbons (Fsp3) is 0.375. The van der Waals surface area contributed by atoms with E-state index in [0.717, 1.165) is 19.6 Å². The Balaban J connectivity index is 1.55. The minimum Gasteiger partial charge on any atom is -0.335 e. The molecule has 1 fully saturated rings. The van der Waals surface area contributed by atoms with Gasteiger partial charge in [0.15, 0.2) is 5.69 Å². The third-order valence-electron chi connectivity index (χ3n) is 5.52. The zero-order valence-corrected chi connectivity index (χ0v) is 17.6. The third-order valence-corrected chi connectivity index (χ3v) is 5.52. The van der Waals surface area contributed by atoms with Crippen LogP contribution in [0.4, 0.5) is 0 Å². The van der Waals surface area contributed by atoms with Crippen molar-refractivity contribution < 1.29 is 4.79 Å². The summed E-state index contributed by atoms with van der Waals surface area (Å²) >= 11 is 0. The first-order valence-electron chi connectivity index (χ1n) is 10.6. The van der Waals surface area contributed by atoms with Crippen LogP contribution in [-0.2, 0) is 13.1 Å². The molecule has 6 nitrogen and oxygen atoms in total. The van der Waals surface area contributed by atoms with Crippen LogP contribution >= 0.6 is 0 Å². The van der Waals surface area contributed by atoms with Gasteiger partial charge in [0.1, 0.15) is 0 Å². The molecule has 6 heteroatoms. The summed E-state index contributed by atoms with van der Waals surface area (Å²) in [6.45, 7) is 8.43. The van der Waals surface area contributed by atoms with E-state index < -0.39 is 0 Å². The lowest BCUT2D eigenvalue weighted by atomic mass is 10.1. The molecule has 2 heterocycles. The lowest BCUT2D eigenvalue weighted by Gasteiger charge is -2.34. The van der Waals surface area contributed by atoms with E-state index in [1.54, 1.807) is 6.07 Å². The number of carbonyl (C=O) groups is 1. The van der Waals surface area contributed by atoms with Crippen LogP contribution in [0, 0.1) is 5.92 Å². The Bertz CT molecular complexity index is 1080. The Morgan fingerprint density at radius 1 is 0.933 bits per heavy atom. The zero-order valence-electron chi connectivity index (χ0n) is 17.6. The highest BCUT2D eigenvalue weighted by Gasteiger charge is 2.26. The molecule has 0 aliphatic carbocycles. The Hall–Kier alpha value is -2.99. The highest BCUT2D eigenvalue weighted by Crippen LogP contribution is 2.17. The van der Waals surface area contributed by atoms with Crippen LogP contribution in [0.25, 0.3) is 10.8 Å². The van der Waals surface area contributed by atoms with Crippen molar-refractivity contribution in [1.82, 2.24) is 19.6 Å². The number of piperazine rings is 1. The van der Waals surface area contributed by atoms with Crippen molar-refractivity contribution in [3.8, 4) is 0 Å². The average Bonchev–Trinajstić information content (AvgIpc) is 2.76. The van der Waals surface area contributed by atoms with Crippen LogP contribution in [0.3, 0.4) is 0 Å². The molecule has 1 amide bonds. The van der Waals surface area contributed by atoms with Gasteiger partial charge >= 0.3 is 0 Å². The maximum absolute atomic E-state index is 13.4. The first-order chi connectivity index (χ1) is 14.5. The van der Waals surface area contributed by atoms with E-state index in [2.05, 4.69) is 34.3 Å². The smallest absolute Gasteiger partial charge is 0.275 e. The predicted molar refractivity (Wildman–Crippen MR) is 118 cm³/mol. The second-order valence-electron chi connectivity index (χ2n) is 8.33. The highest BCUT2D eigenvalue weighted by molar-refractivity contribution is 6.04. The number of aromatic nitrogens is 2. The van der Waals surface area contributed by atoms with Gasteiger partial charge in [-0.3, -0.25) is 14.5 Å². The van der Waals surface area contributed by atoms with Gasteiger partial charge in [-0.25, -0.2) is 4.68 Å². The number of amides is 1.